The van der Waals surface area contributed by atoms with Crippen LogP contribution in [0.25, 0.3) is 0 Å². The summed E-state index contributed by atoms with van der Waals surface area (Å²) in [4.78, 5) is 0. The fourth-order valence-corrected chi connectivity index (χ4v) is 3.14. The summed E-state index contributed by atoms with van der Waals surface area (Å²) < 4.78 is -4.94. The molecule has 13 heteroatoms. The minimum Gasteiger partial charge on any atom is -0.355 e. The van der Waals surface area contributed by atoms with E-state index in [0.29, 0.717) is 0 Å². The highest BCUT2D eigenvalue weighted by molar-refractivity contribution is 9.24. The van der Waals surface area contributed by atoms with Gasteiger partial charge in [0.15, 0.2) is 0 Å². The summed E-state index contributed by atoms with van der Waals surface area (Å²) >= 11 is 0. The Morgan fingerprint density at radius 2 is 0.733 bits per heavy atom. The molecule has 0 aromatic carbocycles. The number of hydrogen-bond acceptors (Lipinski definition) is 1. The molecule has 0 aromatic heterocycles. The standard InChI is InChI=1S/C2H4Cl10OS2/c3-14(4,5,6,7)1-13-2-15(8,9,10,11)12/h1-2H2. The molecule has 0 N–H and O–H groups in total. The van der Waals surface area contributed by atoms with Crippen LogP contribution < -0.4 is 0 Å². The maximum absolute atomic E-state index is 5.52. The van der Waals surface area contributed by atoms with Gasteiger partial charge in [-0.25, -0.2) is 0 Å². The van der Waals surface area contributed by atoms with Gasteiger partial charge in [0.2, 0.25) is 0 Å². The van der Waals surface area contributed by atoms with E-state index in [9.17, 15) is 0 Å². The van der Waals surface area contributed by atoms with E-state index in [2.05, 4.69) is 0 Å². The molecule has 15 heavy (non-hydrogen) atoms. The van der Waals surface area contributed by atoms with Gasteiger partial charge in [0.05, 0.1) is 0 Å². The van der Waals surface area contributed by atoms with Crippen LogP contribution in [0.5, 0.6) is 0 Å². The van der Waals surface area contributed by atoms with Gasteiger partial charge < -0.3 is 4.74 Å². The number of hydrogen-bond donors (Lipinski definition) is 0. The number of halogens is 10. The molecule has 0 saturated heterocycles. The van der Waals surface area contributed by atoms with Crippen molar-refractivity contribution in [2.45, 2.75) is 0 Å². The van der Waals surface area contributed by atoms with Crippen LogP contribution in [0.4, 0.5) is 0 Å². The Bertz CT molecular complexity index is 233. The fourth-order valence-electron chi connectivity index (χ4n) is 0.349. The normalized spacial score (nSPS) is 23.6. The summed E-state index contributed by atoms with van der Waals surface area (Å²) in [5.41, 5.74) is 0. The summed E-state index contributed by atoms with van der Waals surface area (Å²) in [5.74, 6) is -1.39. The van der Waals surface area contributed by atoms with E-state index < -0.39 is 20.6 Å². The minimum atomic E-state index is -4.85. The van der Waals surface area contributed by atoms with Crippen molar-refractivity contribution in [3.8, 4) is 0 Å². The number of ether oxygens (including phenoxy) is 1. The van der Waals surface area contributed by atoms with E-state index >= 15 is 0 Å². The molecular weight excluding hydrogens is 459 g/mol. The average Bonchev–Trinajstić information content (AvgIpc) is 1.44. The van der Waals surface area contributed by atoms with E-state index in [0.717, 1.165) is 0 Å². The first kappa shape index (κ1) is 18.6. The van der Waals surface area contributed by atoms with Crippen LogP contribution in [-0.4, -0.2) is 11.9 Å². The van der Waals surface area contributed by atoms with Crippen molar-refractivity contribution in [1.29, 1.82) is 0 Å². The highest BCUT2D eigenvalue weighted by atomic mass is 36.6. The molecule has 100 valence electrons. The molecule has 0 spiro atoms. The van der Waals surface area contributed by atoms with Crippen LogP contribution in [0, 0.1) is 0 Å². The SMILES string of the molecule is ClS(Cl)(Cl)(Cl)(Cl)COCS(Cl)(Cl)(Cl)(Cl)Cl. The Morgan fingerprint density at radius 3 is 0.867 bits per heavy atom. The average molecular weight is 463 g/mol. The molecule has 0 saturated carbocycles. The third-order valence-corrected chi connectivity index (χ3v) is 4.51. The first-order valence-electron chi connectivity index (χ1n) is 2.70. The van der Waals surface area contributed by atoms with Crippen LogP contribution in [0.1, 0.15) is 0 Å². The van der Waals surface area contributed by atoms with Crippen LogP contribution in [0.2, 0.25) is 0 Å². The Morgan fingerprint density at radius 1 is 0.533 bits per heavy atom. The van der Waals surface area contributed by atoms with Crippen molar-refractivity contribution in [1.82, 2.24) is 0 Å². The second kappa shape index (κ2) is 3.60. The van der Waals surface area contributed by atoms with Gasteiger partial charge in [-0.05, 0) is 107 Å². The summed E-state index contributed by atoms with van der Waals surface area (Å²) in [6.45, 7) is 0. The largest absolute Gasteiger partial charge is 0.355 e. The third-order valence-electron chi connectivity index (χ3n) is 0.612. The zero-order chi connectivity index (χ0) is 12.9. The monoisotopic (exact) mass is 458 g/mol. The molecule has 0 heterocycles. The zero-order valence-corrected chi connectivity index (χ0v) is 15.6. The Hall–Kier alpha value is 3.56. The smallest absolute Gasteiger partial charge is 0.122 e. The van der Waals surface area contributed by atoms with Crippen LogP contribution in [-0.2, 0) is 4.74 Å². The molecule has 0 radical (unpaired) electrons. The maximum atomic E-state index is 5.52. The minimum absolute atomic E-state index is 0.695. The predicted octanol–water partition coefficient (Wildman–Crippen LogP) is 8.21. The number of rotatable bonds is 4. The van der Waals surface area contributed by atoms with Crippen LogP contribution in [0.3, 0.4) is 0 Å². The lowest BCUT2D eigenvalue weighted by atomic mass is 11.5. The van der Waals surface area contributed by atoms with Crippen molar-refractivity contribution in [3.63, 3.8) is 0 Å². The van der Waals surface area contributed by atoms with Crippen molar-refractivity contribution in [2.24, 2.45) is 0 Å². The summed E-state index contributed by atoms with van der Waals surface area (Å²) in [6, 6.07) is 0. The van der Waals surface area contributed by atoms with Gasteiger partial charge >= 0.3 is 0 Å². The van der Waals surface area contributed by atoms with Gasteiger partial charge in [-0.1, -0.05) is 0 Å². The lowest BCUT2D eigenvalue weighted by Gasteiger charge is -2.53. The topological polar surface area (TPSA) is 9.23 Å². The van der Waals surface area contributed by atoms with E-state index in [1.165, 1.54) is 0 Å². The van der Waals surface area contributed by atoms with Gasteiger partial charge in [0, 0.05) is 8.72 Å². The van der Waals surface area contributed by atoms with Gasteiger partial charge in [-0.15, -0.1) is 0 Å². The molecule has 0 atom stereocenters. The lowest BCUT2D eigenvalue weighted by Crippen LogP contribution is -2.14. The molecule has 1 nitrogen and oxygen atoms in total. The van der Waals surface area contributed by atoms with E-state index in [4.69, 9.17) is 112 Å². The third kappa shape index (κ3) is 17.6. The maximum Gasteiger partial charge on any atom is 0.122 e. The van der Waals surface area contributed by atoms with Crippen molar-refractivity contribution >= 4 is 116 Å². The summed E-state index contributed by atoms with van der Waals surface area (Å²) in [5, 5.41) is 0. The highest BCUT2D eigenvalue weighted by Crippen LogP contribution is 3.11. The van der Waals surface area contributed by atoms with E-state index in [1.54, 1.807) is 0 Å². The Labute approximate surface area is 130 Å². The molecule has 0 aliphatic carbocycles. The van der Waals surface area contributed by atoms with Gasteiger partial charge in [0.1, 0.15) is 11.9 Å². The molecule has 0 aromatic rings. The van der Waals surface area contributed by atoms with Gasteiger partial charge in [-0.2, -0.15) is 0 Å². The molecule has 0 bridgehead atoms. The Balaban J connectivity index is 4.54. The lowest BCUT2D eigenvalue weighted by molar-refractivity contribution is 0.238. The Kier molecular flexibility index (Phi) is 4.46. The molecule has 0 amide bonds. The molecule has 0 aliphatic rings. The molecule has 0 rings (SSSR count). The fraction of sp³-hybridized carbons (Fsp3) is 1.00. The van der Waals surface area contributed by atoms with Gasteiger partial charge in [0.25, 0.3) is 0 Å². The predicted molar refractivity (Wildman–Crippen MR) is 84.5 cm³/mol. The van der Waals surface area contributed by atoms with E-state index in [-0.39, 0.29) is 0 Å². The first-order valence-corrected chi connectivity index (χ1v) is 16.2. The van der Waals surface area contributed by atoms with Gasteiger partial charge in [-0.3, -0.25) is 0 Å². The first-order chi connectivity index (χ1) is 5.66. The van der Waals surface area contributed by atoms with Crippen molar-refractivity contribution < 1.29 is 4.74 Å². The highest BCUT2D eigenvalue weighted by Gasteiger charge is 2.56. The van der Waals surface area contributed by atoms with Crippen LogP contribution in [0.15, 0.2) is 0 Å². The van der Waals surface area contributed by atoms with Crippen LogP contribution >= 0.6 is 116 Å². The van der Waals surface area contributed by atoms with E-state index in [1.807, 2.05) is 0 Å². The molecular formula is C2H4Cl10OS2. The summed E-state index contributed by atoms with van der Waals surface area (Å²) in [7, 11) is 55.2. The quantitative estimate of drug-likeness (QED) is 0.409. The second-order valence-electron chi connectivity index (χ2n) is 2.70. The second-order valence-corrected chi connectivity index (χ2v) is 42.2. The zero-order valence-electron chi connectivity index (χ0n) is 6.42. The summed E-state index contributed by atoms with van der Waals surface area (Å²) in [6.07, 6.45) is 0. The van der Waals surface area contributed by atoms with Crippen molar-refractivity contribution in [2.75, 3.05) is 11.9 Å². The van der Waals surface area contributed by atoms with Crippen molar-refractivity contribution in [3.05, 3.63) is 0 Å². The molecule has 0 aliphatic heterocycles. The molecule has 0 fully saturated rings. The molecule has 0 unspecified atom stereocenters.